The first-order valence-electron chi connectivity index (χ1n) is 8.29. The van der Waals surface area contributed by atoms with Crippen molar-refractivity contribution in [3.05, 3.63) is 0 Å². The van der Waals surface area contributed by atoms with E-state index in [0.717, 1.165) is 25.7 Å². The summed E-state index contributed by atoms with van der Waals surface area (Å²) >= 11 is 0. The van der Waals surface area contributed by atoms with E-state index in [1.54, 1.807) is 0 Å². The minimum absolute atomic E-state index is 0.228. The van der Waals surface area contributed by atoms with Crippen molar-refractivity contribution in [3.8, 4) is 0 Å². The maximum absolute atomic E-state index is 12.9. The van der Waals surface area contributed by atoms with Crippen LogP contribution in [-0.2, 0) is 4.79 Å². The summed E-state index contributed by atoms with van der Waals surface area (Å²) in [6.07, 6.45) is 5.69. The molecule has 20 heavy (non-hydrogen) atoms. The molecular formula is C17H32N2O. The Bertz CT molecular complexity index is 377. The second-order valence-corrected chi connectivity index (χ2v) is 8.25. The van der Waals surface area contributed by atoms with E-state index in [2.05, 4.69) is 51.8 Å². The molecule has 2 rings (SSSR count). The summed E-state index contributed by atoms with van der Waals surface area (Å²) < 4.78 is 0. The number of amides is 1. The lowest BCUT2D eigenvalue weighted by Crippen LogP contribution is -2.44. The molecule has 1 aliphatic carbocycles. The molecule has 0 bridgehead atoms. The van der Waals surface area contributed by atoms with Gasteiger partial charge in [0, 0.05) is 6.04 Å². The molecule has 1 amide bonds. The molecule has 1 saturated heterocycles. The van der Waals surface area contributed by atoms with Gasteiger partial charge in [0.2, 0.25) is 5.91 Å². The standard InChI is InChI=1S/C17H32N2O/c1-7-17(6)15(20)19(14(18-17)10-12(2)3)13-8-9-16(4,5)11-13/h12-14,18H,7-11H2,1-6H3. The van der Waals surface area contributed by atoms with Gasteiger partial charge in [0.05, 0.1) is 11.7 Å². The molecule has 2 fully saturated rings. The molecular weight excluding hydrogens is 248 g/mol. The van der Waals surface area contributed by atoms with Crippen molar-refractivity contribution in [3.63, 3.8) is 0 Å². The van der Waals surface area contributed by atoms with Crippen molar-refractivity contribution < 1.29 is 4.79 Å². The fourth-order valence-corrected chi connectivity index (χ4v) is 3.85. The van der Waals surface area contributed by atoms with Crippen LogP contribution in [0.3, 0.4) is 0 Å². The average Bonchev–Trinajstić information content (AvgIpc) is 2.78. The fraction of sp³-hybridized carbons (Fsp3) is 0.941. The molecule has 3 nitrogen and oxygen atoms in total. The van der Waals surface area contributed by atoms with Crippen molar-refractivity contribution in [2.75, 3.05) is 0 Å². The van der Waals surface area contributed by atoms with Crippen LogP contribution in [-0.4, -0.2) is 28.6 Å². The van der Waals surface area contributed by atoms with E-state index in [0.29, 0.717) is 23.3 Å². The van der Waals surface area contributed by atoms with Crippen molar-refractivity contribution in [2.24, 2.45) is 11.3 Å². The summed E-state index contributed by atoms with van der Waals surface area (Å²) in [4.78, 5) is 15.1. The predicted octanol–water partition coefficient (Wildman–Crippen LogP) is 3.54. The van der Waals surface area contributed by atoms with E-state index >= 15 is 0 Å². The molecule has 3 heteroatoms. The molecule has 1 N–H and O–H groups in total. The molecule has 0 aromatic heterocycles. The van der Waals surface area contributed by atoms with E-state index in [4.69, 9.17) is 0 Å². The van der Waals surface area contributed by atoms with Gasteiger partial charge in [0.1, 0.15) is 0 Å². The Morgan fingerprint density at radius 3 is 2.45 bits per heavy atom. The summed E-state index contributed by atoms with van der Waals surface area (Å²) in [7, 11) is 0. The third kappa shape index (κ3) is 2.88. The zero-order valence-corrected chi connectivity index (χ0v) is 14.1. The number of carbonyl (C=O) groups excluding carboxylic acids is 1. The van der Waals surface area contributed by atoms with Gasteiger partial charge in [0.15, 0.2) is 0 Å². The van der Waals surface area contributed by atoms with Gasteiger partial charge in [-0.25, -0.2) is 0 Å². The van der Waals surface area contributed by atoms with Gasteiger partial charge in [-0.3, -0.25) is 10.1 Å². The van der Waals surface area contributed by atoms with Crippen molar-refractivity contribution in [1.82, 2.24) is 10.2 Å². The smallest absolute Gasteiger partial charge is 0.244 e. The van der Waals surface area contributed by atoms with Gasteiger partial charge < -0.3 is 4.90 Å². The minimum Gasteiger partial charge on any atom is -0.323 e. The Hall–Kier alpha value is -0.570. The fourth-order valence-electron chi connectivity index (χ4n) is 3.85. The summed E-state index contributed by atoms with van der Waals surface area (Å²) in [6.45, 7) is 13.3. The summed E-state index contributed by atoms with van der Waals surface area (Å²) in [6, 6.07) is 0.433. The maximum Gasteiger partial charge on any atom is 0.244 e. The molecule has 3 atom stereocenters. The SMILES string of the molecule is CCC1(C)NC(CC(C)C)N(C2CCC(C)(C)C2)C1=O. The molecule has 1 aliphatic heterocycles. The molecule has 2 aliphatic rings. The third-order valence-corrected chi connectivity index (χ3v) is 5.27. The summed E-state index contributed by atoms with van der Waals surface area (Å²) in [5.41, 5.74) is 0.0326. The van der Waals surface area contributed by atoms with Crippen LogP contribution in [0.2, 0.25) is 0 Å². The lowest BCUT2D eigenvalue weighted by atomic mass is 9.91. The van der Waals surface area contributed by atoms with Gasteiger partial charge in [-0.05, 0) is 50.4 Å². The number of nitrogens with zero attached hydrogens (tertiary/aromatic N) is 1. The van der Waals surface area contributed by atoms with Gasteiger partial charge in [-0.15, -0.1) is 0 Å². The monoisotopic (exact) mass is 280 g/mol. The van der Waals surface area contributed by atoms with Gasteiger partial charge in [-0.2, -0.15) is 0 Å². The lowest BCUT2D eigenvalue weighted by molar-refractivity contribution is -0.135. The van der Waals surface area contributed by atoms with Crippen molar-refractivity contribution in [2.45, 2.75) is 91.4 Å². The van der Waals surface area contributed by atoms with E-state index in [9.17, 15) is 4.79 Å². The highest BCUT2D eigenvalue weighted by Gasteiger charge is 2.50. The molecule has 0 aromatic rings. The van der Waals surface area contributed by atoms with Crippen LogP contribution in [0.4, 0.5) is 0 Å². The highest BCUT2D eigenvalue weighted by atomic mass is 16.2. The van der Waals surface area contributed by atoms with Gasteiger partial charge in [-0.1, -0.05) is 34.6 Å². The van der Waals surface area contributed by atoms with E-state index in [1.807, 2.05) is 0 Å². The highest BCUT2D eigenvalue weighted by molar-refractivity contribution is 5.88. The van der Waals surface area contributed by atoms with E-state index in [1.165, 1.54) is 6.42 Å². The number of hydrogen-bond donors (Lipinski definition) is 1. The number of nitrogens with one attached hydrogen (secondary N) is 1. The van der Waals surface area contributed by atoms with Crippen LogP contribution >= 0.6 is 0 Å². The molecule has 0 radical (unpaired) electrons. The Morgan fingerprint density at radius 2 is 2.00 bits per heavy atom. The Kier molecular flexibility index (Phi) is 4.21. The Labute approximate surface area is 124 Å². The molecule has 0 aromatic carbocycles. The summed E-state index contributed by atoms with van der Waals surface area (Å²) in [5.74, 6) is 0.935. The molecule has 116 valence electrons. The quantitative estimate of drug-likeness (QED) is 0.854. The van der Waals surface area contributed by atoms with E-state index in [-0.39, 0.29) is 11.7 Å². The topological polar surface area (TPSA) is 32.3 Å². The highest BCUT2D eigenvalue weighted by Crippen LogP contribution is 2.42. The maximum atomic E-state index is 12.9. The van der Waals surface area contributed by atoms with Gasteiger partial charge >= 0.3 is 0 Å². The summed E-state index contributed by atoms with van der Waals surface area (Å²) in [5, 5.41) is 3.63. The lowest BCUT2D eigenvalue weighted by Gasteiger charge is -2.32. The zero-order valence-electron chi connectivity index (χ0n) is 14.1. The van der Waals surface area contributed by atoms with Crippen LogP contribution in [0.15, 0.2) is 0 Å². The van der Waals surface area contributed by atoms with E-state index < -0.39 is 0 Å². The molecule has 1 heterocycles. The Morgan fingerprint density at radius 1 is 1.35 bits per heavy atom. The minimum atomic E-state index is -0.355. The normalized spacial score (nSPS) is 37.1. The van der Waals surface area contributed by atoms with Crippen LogP contribution in [0.1, 0.15) is 73.6 Å². The first-order valence-corrected chi connectivity index (χ1v) is 8.29. The van der Waals surface area contributed by atoms with Crippen molar-refractivity contribution >= 4 is 5.91 Å². The first kappa shape index (κ1) is 15.8. The number of carbonyl (C=O) groups is 1. The predicted molar refractivity (Wildman–Crippen MR) is 83.3 cm³/mol. The van der Waals surface area contributed by atoms with Crippen LogP contribution < -0.4 is 5.32 Å². The molecule has 0 spiro atoms. The Balaban J connectivity index is 2.20. The molecule has 3 unspecified atom stereocenters. The second-order valence-electron chi connectivity index (χ2n) is 8.25. The molecule has 1 saturated carbocycles. The van der Waals surface area contributed by atoms with Gasteiger partial charge in [0.25, 0.3) is 0 Å². The largest absolute Gasteiger partial charge is 0.323 e. The average molecular weight is 280 g/mol. The second kappa shape index (κ2) is 5.32. The third-order valence-electron chi connectivity index (χ3n) is 5.27. The number of rotatable bonds is 4. The number of hydrogen-bond acceptors (Lipinski definition) is 2. The van der Waals surface area contributed by atoms with Crippen molar-refractivity contribution in [1.29, 1.82) is 0 Å². The van der Waals surface area contributed by atoms with Crippen LogP contribution in [0, 0.1) is 11.3 Å². The first-order chi connectivity index (χ1) is 9.18. The van der Waals surface area contributed by atoms with Crippen LogP contribution in [0.25, 0.3) is 0 Å². The van der Waals surface area contributed by atoms with Crippen LogP contribution in [0.5, 0.6) is 0 Å². The zero-order chi connectivity index (χ0) is 15.1.